The second-order valence-corrected chi connectivity index (χ2v) is 3.44. The normalized spacial score (nSPS) is 9.05. The number of hydrogen-bond donors (Lipinski definition) is 0. The first-order chi connectivity index (χ1) is 9.45. The Labute approximate surface area is 115 Å². The van der Waals surface area contributed by atoms with E-state index in [1.54, 1.807) is 0 Å². The van der Waals surface area contributed by atoms with Crippen molar-refractivity contribution < 1.29 is 0 Å². The summed E-state index contributed by atoms with van der Waals surface area (Å²) in [5.74, 6) is 0. The van der Waals surface area contributed by atoms with Crippen LogP contribution in [-0.4, -0.2) is 9.55 Å². The van der Waals surface area contributed by atoms with Gasteiger partial charge < -0.3 is 0 Å². The maximum absolute atomic E-state index is 4.36. The Hall–Kier alpha value is -2.09. The van der Waals surface area contributed by atoms with Crippen molar-refractivity contribution in [2.24, 2.45) is 0 Å². The van der Waals surface area contributed by atoms with Gasteiger partial charge in [-0.3, -0.25) is 4.57 Å². The molecule has 2 aromatic carbocycles. The van der Waals surface area contributed by atoms with Crippen LogP contribution in [0.2, 0.25) is 0 Å². The fourth-order valence-electron chi connectivity index (χ4n) is 1.75. The Morgan fingerprint density at radius 1 is 0.737 bits per heavy atom. The lowest BCUT2D eigenvalue weighted by Crippen LogP contribution is -1.90. The van der Waals surface area contributed by atoms with Gasteiger partial charge in [-0.1, -0.05) is 58.0 Å². The van der Waals surface area contributed by atoms with Crippen molar-refractivity contribution in [3.05, 3.63) is 60.9 Å². The SMILES string of the molecule is CC.CC.c1ccc(-n2cnc3ccccc32)cc1. The highest BCUT2D eigenvalue weighted by Crippen LogP contribution is 2.16. The van der Waals surface area contributed by atoms with Crippen LogP contribution in [0.15, 0.2) is 60.9 Å². The maximum atomic E-state index is 4.36. The average molecular weight is 254 g/mol. The van der Waals surface area contributed by atoms with Gasteiger partial charge in [0.15, 0.2) is 0 Å². The van der Waals surface area contributed by atoms with Gasteiger partial charge in [0.2, 0.25) is 0 Å². The number of imidazole rings is 1. The first-order valence-corrected chi connectivity index (χ1v) is 6.93. The Morgan fingerprint density at radius 3 is 2.00 bits per heavy atom. The Kier molecular flexibility index (Phi) is 6.37. The third-order valence-electron chi connectivity index (χ3n) is 2.49. The fourth-order valence-corrected chi connectivity index (χ4v) is 1.75. The van der Waals surface area contributed by atoms with Gasteiger partial charge in [0, 0.05) is 5.69 Å². The van der Waals surface area contributed by atoms with Gasteiger partial charge in [0.25, 0.3) is 0 Å². The number of rotatable bonds is 1. The zero-order chi connectivity index (χ0) is 14.1. The lowest BCUT2D eigenvalue weighted by atomic mass is 10.3. The number of nitrogens with zero attached hydrogens (tertiary/aromatic N) is 2. The molecule has 0 aliphatic rings. The molecule has 0 fully saturated rings. The summed E-state index contributed by atoms with van der Waals surface area (Å²) in [6.07, 6.45) is 1.86. The lowest BCUT2D eigenvalue weighted by Gasteiger charge is -2.02. The standard InChI is InChI=1S/C13H10N2.2C2H6/c1-2-6-11(7-3-1)15-10-14-12-8-4-5-9-13(12)15;2*1-2/h1-10H;2*1-2H3. The van der Waals surface area contributed by atoms with Crippen molar-refractivity contribution in [2.75, 3.05) is 0 Å². The summed E-state index contributed by atoms with van der Waals surface area (Å²) in [5.41, 5.74) is 3.32. The van der Waals surface area contributed by atoms with E-state index in [1.165, 1.54) is 0 Å². The molecule has 0 N–H and O–H groups in total. The molecular formula is C17H22N2. The summed E-state index contributed by atoms with van der Waals surface area (Å²) in [6, 6.07) is 18.4. The zero-order valence-corrected chi connectivity index (χ0v) is 12.2. The number of para-hydroxylation sites is 3. The largest absolute Gasteiger partial charge is 0.299 e. The number of aromatic nitrogens is 2. The molecular weight excluding hydrogens is 232 g/mol. The predicted octanol–water partition coefficient (Wildman–Crippen LogP) is 5.08. The molecule has 0 radical (unpaired) electrons. The molecule has 0 unspecified atom stereocenters. The minimum absolute atomic E-state index is 1.03. The van der Waals surface area contributed by atoms with Crippen LogP contribution >= 0.6 is 0 Å². The van der Waals surface area contributed by atoms with Crippen molar-refractivity contribution >= 4 is 11.0 Å². The summed E-state index contributed by atoms with van der Waals surface area (Å²) in [7, 11) is 0. The van der Waals surface area contributed by atoms with Crippen molar-refractivity contribution in [2.45, 2.75) is 27.7 Å². The van der Waals surface area contributed by atoms with Crippen molar-refractivity contribution in [3.63, 3.8) is 0 Å². The van der Waals surface area contributed by atoms with Gasteiger partial charge in [-0.15, -0.1) is 0 Å². The van der Waals surface area contributed by atoms with Crippen molar-refractivity contribution in [1.29, 1.82) is 0 Å². The fraction of sp³-hybridized carbons (Fsp3) is 0.235. The van der Waals surface area contributed by atoms with Crippen molar-refractivity contribution in [3.8, 4) is 5.69 Å². The molecule has 2 nitrogen and oxygen atoms in total. The molecule has 0 aliphatic carbocycles. The van der Waals surface area contributed by atoms with Crippen LogP contribution in [-0.2, 0) is 0 Å². The third kappa shape index (κ3) is 3.44. The number of fused-ring (bicyclic) bond motifs is 1. The molecule has 0 spiro atoms. The van der Waals surface area contributed by atoms with E-state index in [1.807, 2.05) is 70.4 Å². The summed E-state index contributed by atoms with van der Waals surface area (Å²) < 4.78 is 2.09. The molecule has 3 aromatic rings. The maximum Gasteiger partial charge on any atom is 0.100 e. The molecule has 0 amide bonds. The summed E-state index contributed by atoms with van der Waals surface area (Å²) in [4.78, 5) is 4.36. The first-order valence-electron chi connectivity index (χ1n) is 6.93. The smallest absolute Gasteiger partial charge is 0.100 e. The molecule has 0 saturated carbocycles. The Balaban J connectivity index is 0.000000415. The zero-order valence-electron chi connectivity index (χ0n) is 12.2. The average Bonchev–Trinajstić information content (AvgIpc) is 2.96. The van der Waals surface area contributed by atoms with Gasteiger partial charge in [-0.2, -0.15) is 0 Å². The van der Waals surface area contributed by atoms with Gasteiger partial charge in [0.1, 0.15) is 6.33 Å². The van der Waals surface area contributed by atoms with Crippen molar-refractivity contribution in [1.82, 2.24) is 9.55 Å². The van der Waals surface area contributed by atoms with E-state index in [0.29, 0.717) is 0 Å². The first kappa shape index (κ1) is 15.0. The van der Waals surface area contributed by atoms with E-state index in [2.05, 4.69) is 27.8 Å². The van der Waals surface area contributed by atoms with Crippen LogP contribution in [0.25, 0.3) is 16.7 Å². The molecule has 0 aliphatic heterocycles. The van der Waals surface area contributed by atoms with Gasteiger partial charge >= 0.3 is 0 Å². The Morgan fingerprint density at radius 2 is 1.32 bits per heavy atom. The van der Waals surface area contributed by atoms with Crippen LogP contribution < -0.4 is 0 Å². The highest BCUT2D eigenvalue weighted by Gasteiger charge is 2.01. The van der Waals surface area contributed by atoms with E-state index in [9.17, 15) is 0 Å². The van der Waals surface area contributed by atoms with Crippen LogP contribution in [0, 0.1) is 0 Å². The summed E-state index contributed by atoms with van der Waals surface area (Å²) in [6.45, 7) is 8.00. The van der Waals surface area contributed by atoms with E-state index in [4.69, 9.17) is 0 Å². The van der Waals surface area contributed by atoms with E-state index < -0.39 is 0 Å². The number of hydrogen-bond acceptors (Lipinski definition) is 1. The van der Waals surface area contributed by atoms with Gasteiger partial charge in [-0.05, 0) is 24.3 Å². The minimum Gasteiger partial charge on any atom is -0.299 e. The quantitative estimate of drug-likeness (QED) is 0.592. The topological polar surface area (TPSA) is 17.8 Å². The highest BCUT2D eigenvalue weighted by atomic mass is 15.0. The van der Waals surface area contributed by atoms with E-state index in [0.717, 1.165) is 16.7 Å². The molecule has 3 rings (SSSR count). The molecule has 19 heavy (non-hydrogen) atoms. The highest BCUT2D eigenvalue weighted by molar-refractivity contribution is 5.77. The Bertz CT molecular complexity index is 582. The van der Waals surface area contributed by atoms with Gasteiger partial charge in [-0.25, -0.2) is 4.98 Å². The third-order valence-corrected chi connectivity index (χ3v) is 2.49. The van der Waals surface area contributed by atoms with Gasteiger partial charge in [0.05, 0.1) is 11.0 Å². The van der Waals surface area contributed by atoms with Crippen LogP contribution in [0.1, 0.15) is 27.7 Å². The molecule has 0 atom stereocenters. The van der Waals surface area contributed by atoms with Crippen LogP contribution in [0.4, 0.5) is 0 Å². The predicted molar refractivity (Wildman–Crippen MR) is 83.8 cm³/mol. The minimum atomic E-state index is 1.03. The molecule has 1 heterocycles. The molecule has 0 bridgehead atoms. The molecule has 1 aromatic heterocycles. The second kappa shape index (κ2) is 8.09. The van der Waals surface area contributed by atoms with Crippen LogP contribution in [0.3, 0.4) is 0 Å². The molecule has 100 valence electrons. The van der Waals surface area contributed by atoms with Crippen LogP contribution in [0.5, 0.6) is 0 Å². The number of benzene rings is 2. The monoisotopic (exact) mass is 254 g/mol. The summed E-state index contributed by atoms with van der Waals surface area (Å²) >= 11 is 0. The summed E-state index contributed by atoms with van der Waals surface area (Å²) in [5, 5.41) is 0. The van der Waals surface area contributed by atoms with E-state index in [-0.39, 0.29) is 0 Å². The van der Waals surface area contributed by atoms with E-state index >= 15 is 0 Å². The molecule has 2 heteroatoms. The second-order valence-electron chi connectivity index (χ2n) is 3.44. The molecule has 0 saturated heterocycles. The lowest BCUT2D eigenvalue weighted by molar-refractivity contribution is 1.09.